The average Bonchev–Trinajstić information content (AvgIpc) is 2.72. The summed E-state index contributed by atoms with van der Waals surface area (Å²) in [4.78, 5) is 7.45. The van der Waals surface area contributed by atoms with Crippen LogP contribution in [0.3, 0.4) is 0 Å². The molecule has 6 heteroatoms. The van der Waals surface area contributed by atoms with E-state index in [9.17, 15) is 4.39 Å². The topological polar surface area (TPSA) is 54.7 Å². The first-order chi connectivity index (χ1) is 9.04. The zero-order chi connectivity index (χ0) is 13.6. The van der Waals surface area contributed by atoms with Gasteiger partial charge in [-0.1, -0.05) is 11.6 Å². The molecule has 0 saturated carbocycles. The molecule has 0 spiro atoms. The quantitative estimate of drug-likeness (QED) is 0.646. The summed E-state index contributed by atoms with van der Waals surface area (Å²) in [6.07, 6.45) is 0. The minimum Gasteiger partial charge on any atom is -0.398 e. The third-order valence-electron chi connectivity index (χ3n) is 2.79. The Kier molecular flexibility index (Phi) is 2.95. The number of hydrogen-bond donors (Lipinski definition) is 2. The lowest BCUT2D eigenvalue weighted by Gasteiger charge is -2.02. The lowest BCUT2D eigenvalue weighted by molar-refractivity contribution is 0.623. The van der Waals surface area contributed by atoms with Crippen molar-refractivity contribution in [3.8, 4) is 11.4 Å². The standard InChI is InChI=1S/C13H8BrClFN3/c14-8-4-11-12(5-9(8)16)19-13(18-11)7-2-1-6(15)3-10(7)17/h1-5H,17H2,(H,18,19). The number of nitrogens with one attached hydrogen (secondary N) is 1. The van der Waals surface area contributed by atoms with E-state index in [-0.39, 0.29) is 5.82 Å². The van der Waals surface area contributed by atoms with Crippen molar-refractivity contribution in [2.24, 2.45) is 0 Å². The molecule has 0 bridgehead atoms. The molecule has 3 N–H and O–H groups in total. The van der Waals surface area contributed by atoms with Gasteiger partial charge in [0, 0.05) is 22.3 Å². The number of nitrogens with two attached hydrogens (primary N) is 1. The summed E-state index contributed by atoms with van der Waals surface area (Å²) < 4.78 is 13.8. The number of nitrogen functional groups attached to an aromatic ring is 1. The van der Waals surface area contributed by atoms with E-state index in [0.717, 1.165) is 5.56 Å². The Hall–Kier alpha value is -1.59. The van der Waals surface area contributed by atoms with Gasteiger partial charge < -0.3 is 10.7 Å². The third kappa shape index (κ3) is 2.19. The molecule has 1 heterocycles. The van der Waals surface area contributed by atoms with Crippen molar-refractivity contribution in [1.82, 2.24) is 9.97 Å². The second-order valence-electron chi connectivity index (χ2n) is 4.10. The van der Waals surface area contributed by atoms with E-state index in [0.29, 0.717) is 32.0 Å². The number of anilines is 1. The first kappa shape index (κ1) is 12.4. The molecule has 96 valence electrons. The fraction of sp³-hybridized carbons (Fsp3) is 0. The van der Waals surface area contributed by atoms with Gasteiger partial charge in [-0.15, -0.1) is 0 Å². The van der Waals surface area contributed by atoms with Crippen molar-refractivity contribution in [2.45, 2.75) is 0 Å². The smallest absolute Gasteiger partial charge is 0.140 e. The van der Waals surface area contributed by atoms with E-state index in [1.807, 2.05) is 0 Å². The number of aromatic nitrogens is 2. The van der Waals surface area contributed by atoms with Crippen molar-refractivity contribution in [3.05, 3.63) is 45.6 Å². The van der Waals surface area contributed by atoms with Gasteiger partial charge in [-0.25, -0.2) is 9.37 Å². The van der Waals surface area contributed by atoms with Crippen LogP contribution in [0.15, 0.2) is 34.8 Å². The second-order valence-corrected chi connectivity index (χ2v) is 5.39. The molecule has 3 nitrogen and oxygen atoms in total. The first-order valence-corrected chi connectivity index (χ1v) is 6.62. The van der Waals surface area contributed by atoms with Crippen molar-refractivity contribution < 1.29 is 4.39 Å². The van der Waals surface area contributed by atoms with E-state index in [2.05, 4.69) is 25.9 Å². The minimum absolute atomic E-state index is 0.341. The van der Waals surface area contributed by atoms with Gasteiger partial charge in [0.1, 0.15) is 11.6 Å². The van der Waals surface area contributed by atoms with Crippen LogP contribution in [0.5, 0.6) is 0 Å². The van der Waals surface area contributed by atoms with Crippen LogP contribution in [0.1, 0.15) is 0 Å². The Morgan fingerprint density at radius 2 is 2.05 bits per heavy atom. The number of fused-ring (bicyclic) bond motifs is 1. The molecule has 1 aromatic heterocycles. The number of halogens is 3. The Labute approximate surface area is 121 Å². The van der Waals surface area contributed by atoms with Crippen LogP contribution in [0, 0.1) is 5.82 Å². The molecule has 3 rings (SSSR count). The minimum atomic E-state index is -0.341. The number of benzene rings is 2. The normalized spacial score (nSPS) is 11.1. The molecule has 0 fully saturated rings. The molecule has 0 aliphatic rings. The van der Waals surface area contributed by atoms with Crippen LogP contribution in [0.4, 0.5) is 10.1 Å². The van der Waals surface area contributed by atoms with Gasteiger partial charge >= 0.3 is 0 Å². The molecule has 0 saturated heterocycles. The Morgan fingerprint density at radius 1 is 1.26 bits per heavy atom. The van der Waals surface area contributed by atoms with Crippen molar-refractivity contribution >= 4 is 44.3 Å². The summed E-state index contributed by atoms with van der Waals surface area (Å²) in [5, 5.41) is 0.561. The first-order valence-electron chi connectivity index (χ1n) is 5.45. The van der Waals surface area contributed by atoms with Gasteiger partial charge in [0.05, 0.1) is 15.5 Å². The Bertz CT molecular complexity index is 746. The molecule has 19 heavy (non-hydrogen) atoms. The Morgan fingerprint density at radius 3 is 2.79 bits per heavy atom. The highest BCUT2D eigenvalue weighted by Crippen LogP contribution is 2.29. The van der Waals surface area contributed by atoms with Crippen molar-refractivity contribution in [3.63, 3.8) is 0 Å². The fourth-order valence-corrected chi connectivity index (χ4v) is 2.39. The molecule has 0 aliphatic heterocycles. The van der Waals surface area contributed by atoms with Crippen molar-refractivity contribution in [2.75, 3.05) is 5.73 Å². The van der Waals surface area contributed by atoms with E-state index >= 15 is 0 Å². The lowest BCUT2D eigenvalue weighted by atomic mass is 10.2. The van der Waals surface area contributed by atoms with Crippen molar-refractivity contribution in [1.29, 1.82) is 0 Å². The summed E-state index contributed by atoms with van der Waals surface area (Å²) >= 11 is 8.99. The summed E-state index contributed by atoms with van der Waals surface area (Å²) in [5.41, 5.74) is 8.44. The second kappa shape index (κ2) is 4.51. The highest BCUT2D eigenvalue weighted by Gasteiger charge is 2.11. The maximum Gasteiger partial charge on any atom is 0.140 e. The van der Waals surface area contributed by atoms with Gasteiger partial charge in [0.25, 0.3) is 0 Å². The monoisotopic (exact) mass is 339 g/mol. The average molecular weight is 341 g/mol. The zero-order valence-electron chi connectivity index (χ0n) is 9.55. The van der Waals surface area contributed by atoms with E-state index in [4.69, 9.17) is 17.3 Å². The highest BCUT2D eigenvalue weighted by atomic mass is 79.9. The number of aromatic amines is 1. The van der Waals surface area contributed by atoms with Crippen LogP contribution < -0.4 is 5.73 Å². The van der Waals surface area contributed by atoms with Crippen LogP contribution in [-0.2, 0) is 0 Å². The molecular formula is C13H8BrClFN3. The van der Waals surface area contributed by atoms with Crippen LogP contribution in [0.25, 0.3) is 22.4 Å². The van der Waals surface area contributed by atoms with Gasteiger partial charge in [-0.3, -0.25) is 0 Å². The molecule has 0 aliphatic carbocycles. The van der Waals surface area contributed by atoms with Crippen LogP contribution in [-0.4, -0.2) is 9.97 Å². The summed E-state index contributed by atoms with van der Waals surface area (Å²) in [6, 6.07) is 8.18. The maximum atomic E-state index is 13.5. The zero-order valence-corrected chi connectivity index (χ0v) is 11.9. The van der Waals surface area contributed by atoms with Gasteiger partial charge in [0.2, 0.25) is 0 Å². The summed E-state index contributed by atoms with van der Waals surface area (Å²) in [6.45, 7) is 0. The van der Waals surface area contributed by atoms with Crippen LogP contribution in [0.2, 0.25) is 5.02 Å². The SMILES string of the molecule is Nc1cc(Cl)ccc1-c1nc2cc(Br)c(F)cc2[nH]1. The third-order valence-corrected chi connectivity index (χ3v) is 3.64. The van der Waals surface area contributed by atoms with E-state index in [1.165, 1.54) is 6.07 Å². The fourth-order valence-electron chi connectivity index (χ4n) is 1.88. The number of imidazole rings is 1. The van der Waals surface area contributed by atoms with Gasteiger partial charge in [0.15, 0.2) is 0 Å². The molecule has 0 unspecified atom stereocenters. The lowest BCUT2D eigenvalue weighted by Crippen LogP contribution is -1.90. The largest absolute Gasteiger partial charge is 0.398 e. The number of nitrogens with zero attached hydrogens (tertiary/aromatic N) is 1. The summed E-state index contributed by atoms with van der Waals surface area (Å²) in [5.74, 6) is 0.244. The van der Waals surface area contributed by atoms with E-state index < -0.39 is 0 Å². The highest BCUT2D eigenvalue weighted by molar-refractivity contribution is 9.10. The summed E-state index contributed by atoms with van der Waals surface area (Å²) in [7, 11) is 0. The molecule has 0 amide bonds. The number of hydrogen-bond acceptors (Lipinski definition) is 2. The predicted molar refractivity (Wildman–Crippen MR) is 78.6 cm³/mol. The molecule has 0 radical (unpaired) electrons. The molecule has 2 aromatic carbocycles. The molecular weight excluding hydrogens is 333 g/mol. The number of H-pyrrole nitrogens is 1. The predicted octanol–water partition coefficient (Wildman–Crippen LogP) is 4.37. The molecule has 0 atom stereocenters. The molecule has 3 aromatic rings. The van der Waals surface area contributed by atoms with Gasteiger partial charge in [-0.2, -0.15) is 0 Å². The maximum absolute atomic E-state index is 13.5. The van der Waals surface area contributed by atoms with E-state index in [1.54, 1.807) is 24.3 Å². The number of rotatable bonds is 1. The van der Waals surface area contributed by atoms with Crippen LogP contribution >= 0.6 is 27.5 Å². The Balaban J connectivity index is 2.20. The van der Waals surface area contributed by atoms with Gasteiger partial charge in [-0.05, 0) is 40.2 Å².